The Kier molecular flexibility index (Phi) is 27.1. The van der Waals surface area contributed by atoms with E-state index in [9.17, 15) is 4.79 Å². The van der Waals surface area contributed by atoms with Gasteiger partial charge in [0.05, 0.1) is 6.61 Å². The van der Waals surface area contributed by atoms with Crippen LogP contribution < -0.4 is 0 Å². The number of hydrogen-bond donors (Lipinski definition) is 0. The average Bonchev–Trinajstić information content (AvgIpc) is 2.80. The molecule has 0 unspecified atom stereocenters. The molecule has 0 bridgehead atoms. The van der Waals surface area contributed by atoms with E-state index in [2.05, 4.69) is 38.2 Å². The molecule has 0 fully saturated rings. The summed E-state index contributed by atoms with van der Waals surface area (Å²) in [5.74, 6) is -0.0115. The summed E-state index contributed by atoms with van der Waals surface area (Å²) in [6.07, 6.45) is 36.4. The van der Waals surface area contributed by atoms with E-state index in [-0.39, 0.29) is 5.97 Å². The van der Waals surface area contributed by atoms with E-state index in [1.807, 2.05) is 0 Å². The zero-order valence-electron chi connectivity index (χ0n) is 21.9. The fraction of sp³-hybridized carbons (Fsp3) is 0.833. The van der Waals surface area contributed by atoms with E-state index < -0.39 is 0 Å². The molecule has 2 nitrogen and oxygen atoms in total. The van der Waals surface area contributed by atoms with E-state index >= 15 is 0 Å². The van der Waals surface area contributed by atoms with Crippen LogP contribution in [0, 0.1) is 0 Å². The number of hydrogen-bond acceptors (Lipinski definition) is 2. The van der Waals surface area contributed by atoms with E-state index in [1.54, 1.807) is 0 Å². The summed E-state index contributed by atoms with van der Waals surface area (Å²) >= 11 is 0. The molecular formula is C30H56O2. The van der Waals surface area contributed by atoms with Crippen LogP contribution in [0.3, 0.4) is 0 Å². The van der Waals surface area contributed by atoms with Crippen LogP contribution in [0.5, 0.6) is 0 Å². The highest BCUT2D eigenvalue weighted by molar-refractivity contribution is 5.69. The van der Waals surface area contributed by atoms with Gasteiger partial charge in [-0.15, -0.1) is 0 Å². The van der Waals surface area contributed by atoms with E-state index in [4.69, 9.17) is 4.74 Å². The fourth-order valence-corrected chi connectivity index (χ4v) is 3.89. The summed E-state index contributed by atoms with van der Waals surface area (Å²) in [6, 6.07) is 0. The van der Waals surface area contributed by atoms with Gasteiger partial charge in [-0.3, -0.25) is 4.79 Å². The third-order valence-corrected chi connectivity index (χ3v) is 6.06. The summed E-state index contributed by atoms with van der Waals surface area (Å²) < 4.78 is 5.37. The molecular weight excluding hydrogens is 392 g/mol. The lowest BCUT2D eigenvalue weighted by molar-refractivity contribution is -0.143. The number of ether oxygens (including phenoxy) is 1. The van der Waals surface area contributed by atoms with Crippen molar-refractivity contribution >= 4 is 5.97 Å². The molecule has 0 aromatic heterocycles. The first-order chi connectivity index (χ1) is 15.8. The minimum atomic E-state index is -0.0115. The number of esters is 1. The Balaban J connectivity index is 3.25. The summed E-state index contributed by atoms with van der Waals surface area (Å²) in [6.45, 7) is 5.13. The lowest BCUT2D eigenvalue weighted by Gasteiger charge is -2.04. The first-order valence-corrected chi connectivity index (χ1v) is 14.3. The third-order valence-electron chi connectivity index (χ3n) is 6.06. The molecule has 0 aromatic carbocycles. The van der Waals surface area contributed by atoms with Gasteiger partial charge in [0.2, 0.25) is 0 Å². The van der Waals surface area contributed by atoms with Gasteiger partial charge >= 0.3 is 5.97 Å². The molecule has 0 N–H and O–H groups in total. The highest BCUT2D eigenvalue weighted by Gasteiger charge is 2.01. The van der Waals surface area contributed by atoms with Gasteiger partial charge in [0.15, 0.2) is 0 Å². The molecule has 2 heteroatoms. The summed E-state index contributed by atoms with van der Waals surface area (Å²) in [4.78, 5) is 11.8. The van der Waals surface area contributed by atoms with Crippen LogP contribution in [0.15, 0.2) is 24.3 Å². The van der Waals surface area contributed by atoms with Gasteiger partial charge in [-0.1, -0.05) is 109 Å². The molecule has 0 radical (unpaired) electrons. The minimum Gasteiger partial charge on any atom is -0.466 e. The van der Waals surface area contributed by atoms with Gasteiger partial charge in [0.1, 0.15) is 0 Å². The van der Waals surface area contributed by atoms with Crippen LogP contribution in [0.25, 0.3) is 0 Å². The lowest BCUT2D eigenvalue weighted by Crippen LogP contribution is -2.05. The summed E-state index contributed by atoms with van der Waals surface area (Å²) in [7, 11) is 0. The maximum absolute atomic E-state index is 11.8. The SMILES string of the molecule is CCCCCCC/C=C/CCCCC(=O)OCCCCCC/C=C\CCCCCCCC. The Morgan fingerprint density at radius 3 is 1.34 bits per heavy atom. The monoisotopic (exact) mass is 448 g/mol. The largest absolute Gasteiger partial charge is 0.466 e. The van der Waals surface area contributed by atoms with E-state index in [0.717, 1.165) is 25.7 Å². The molecule has 0 aliphatic rings. The molecule has 0 amide bonds. The first kappa shape index (κ1) is 30.9. The number of carbonyl (C=O) groups is 1. The predicted octanol–water partition coefficient (Wildman–Crippen LogP) is 10.3. The molecule has 0 rings (SSSR count). The van der Waals surface area contributed by atoms with Crippen LogP contribution in [-0.4, -0.2) is 12.6 Å². The average molecular weight is 449 g/mol. The number of allylic oxidation sites excluding steroid dienone is 4. The van der Waals surface area contributed by atoms with Crippen molar-refractivity contribution in [2.45, 2.75) is 155 Å². The maximum Gasteiger partial charge on any atom is 0.305 e. The highest BCUT2D eigenvalue weighted by Crippen LogP contribution is 2.10. The van der Waals surface area contributed by atoms with Crippen molar-refractivity contribution in [1.82, 2.24) is 0 Å². The molecule has 0 saturated heterocycles. The maximum atomic E-state index is 11.8. The van der Waals surface area contributed by atoms with E-state index in [0.29, 0.717) is 13.0 Å². The summed E-state index contributed by atoms with van der Waals surface area (Å²) in [5, 5.41) is 0. The molecule has 0 spiro atoms. The molecule has 32 heavy (non-hydrogen) atoms. The van der Waals surface area contributed by atoms with Crippen molar-refractivity contribution in [2.24, 2.45) is 0 Å². The topological polar surface area (TPSA) is 26.3 Å². The second kappa shape index (κ2) is 28.0. The fourth-order valence-electron chi connectivity index (χ4n) is 3.89. The molecule has 0 aromatic rings. The van der Waals surface area contributed by atoms with Gasteiger partial charge in [-0.25, -0.2) is 0 Å². The molecule has 0 heterocycles. The molecule has 0 saturated carbocycles. The second-order valence-electron chi connectivity index (χ2n) is 9.37. The van der Waals surface area contributed by atoms with Crippen LogP contribution in [0.4, 0.5) is 0 Å². The Morgan fingerprint density at radius 1 is 0.500 bits per heavy atom. The van der Waals surface area contributed by atoms with Crippen LogP contribution in [0.1, 0.15) is 155 Å². The van der Waals surface area contributed by atoms with Crippen LogP contribution in [-0.2, 0) is 9.53 Å². The second-order valence-corrected chi connectivity index (χ2v) is 9.37. The third kappa shape index (κ3) is 27.0. The predicted molar refractivity (Wildman–Crippen MR) is 142 cm³/mol. The van der Waals surface area contributed by atoms with E-state index in [1.165, 1.54) is 109 Å². The van der Waals surface area contributed by atoms with Crippen molar-refractivity contribution in [3.05, 3.63) is 24.3 Å². The first-order valence-electron chi connectivity index (χ1n) is 14.3. The zero-order valence-corrected chi connectivity index (χ0v) is 21.9. The van der Waals surface area contributed by atoms with Crippen molar-refractivity contribution in [2.75, 3.05) is 6.61 Å². The number of carbonyl (C=O) groups excluding carboxylic acids is 1. The van der Waals surface area contributed by atoms with Gasteiger partial charge < -0.3 is 4.74 Å². The Bertz CT molecular complexity index is 425. The summed E-state index contributed by atoms with van der Waals surface area (Å²) in [5.41, 5.74) is 0. The highest BCUT2D eigenvalue weighted by atomic mass is 16.5. The van der Waals surface area contributed by atoms with Gasteiger partial charge in [0.25, 0.3) is 0 Å². The molecule has 0 aliphatic heterocycles. The van der Waals surface area contributed by atoms with Crippen LogP contribution in [0.2, 0.25) is 0 Å². The minimum absolute atomic E-state index is 0.0115. The van der Waals surface area contributed by atoms with Crippen molar-refractivity contribution in [1.29, 1.82) is 0 Å². The van der Waals surface area contributed by atoms with Gasteiger partial charge in [0, 0.05) is 6.42 Å². The standard InChI is InChI=1S/C30H56O2/c1-3-5-7-9-11-13-15-16-17-19-21-23-25-27-29-32-30(31)28-26-24-22-20-18-14-12-10-8-6-4-2/h16-18,20H,3-15,19,21-29H2,1-2H3/b17-16-,20-18+. The van der Waals surface area contributed by atoms with Gasteiger partial charge in [-0.2, -0.15) is 0 Å². The normalized spacial score (nSPS) is 11.7. The Hall–Kier alpha value is -1.05. The van der Waals surface area contributed by atoms with Crippen molar-refractivity contribution < 1.29 is 9.53 Å². The Morgan fingerprint density at radius 2 is 0.875 bits per heavy atom. The number of unbranched alkanes of at least 4 members (excludes halogenated alkanes) is 17. The molecule has 0 atom stereocenters. The van der Waals surface area contributed by atoms with Gasteiger partial charge in [-0.05, 0) is 64.2 Å². The number of rotatable bonds is 25. The lowest BCUT2D eigenvalue weighted by atomic mass is 10.1. The Labute approximate surface area is 201 Å². The van der Waals surface area contributed by atoms with Crippen LogP contribution >= 0.6 is 0 Å². The van der Waals surface area contributed by atoms with Crippen molar-refractivity contribution in [3.63, 3.8) is 0 Å². The smallest absolute Gasteiger partial charge is 0.305 e. The van der Waals surface area contributed by atoms with Crippen molar-refractivity contribution in [3.8, 4) is 0 Å². The molecule has 0 aliphatic carbocycles. The molecule has 188 valence electrons. The quantitative estimate of drug-likeness (QED) is 0.0788. The zero-order chi connectivity index (χ0) is 23.4.